The molecule has 284 valence electrons. The first-order chi connectivity index (χ1) is 26.5. The van der Waals surface area contributed by atoms with Crippen molar-refractivity contribution in [3.05, 3.63) is 127 Å². The number of alkyl carbamates (subject to hydrolysis) is 1. The van der Waals surface area contributed by atoms with Crippen LogP contribution in [0, 0.1) is 0 Å². The van der Waals surface area contributed by atoms with Crippen LogP contribution in [0.25, 0.3) is 20.4 Å². The summed E-state index contributed by atoms with van der Waals surface area (Å²) >= 11 is 9.39. The molecule has 4 aromatic heterocycles. The number of thiophene rings is 2. The fraction of sp³-hybridized carbons (Fsp3) is 0.162. The fourth-order valence-electron chi connectivity index (χ4n) is 4.63. The molecule has 0 bridgehead atoms. The molecule has 4 heterocycles. The summed E-state index contributed by atoms with van der Waals surface area (Å²) in [5.74, 6) is -2.60. The summed E-state index contributed by atoms with van der Waals surface area (Å²) in [4.78, 5) is 69.7. The Balaban J connectivity index is 0.000000256. The predicted octanol–water partition coefficient (Wildman–Crippen LogP) is 6.03. The van der Waals surface area contributed by atoms with E-state index in [4.69, 9.17) is 20.3 Å². The van der Waals surface area contributed by atoms with E-state index >= 15 is 0 Å². The Hall–Kier alpha value is -5.27. The molecule has 0 saturated heterocycles. The third kappa shape index (κ3) is 11.9. The van der Waals surface area contributed by atoms with Gasteiger partial charge in [0.2, 0.25) is 0 Å². The standard InChI is InChI=1S/C26H22BrN3O5S.C11H10BrN3O3S/c27-19-11-12-28-20-13-22(36-23(19)20)24(31)29-14-21(25(32)34-15-17-7-3-1-4-8-17)30-26(33)35-16-18-9-5-2-6-10-18;12-5-1-2-14-7-3-8(19-9(5)7)10(16)15-4-6(13)11(17)18/h1-13,21H,14-16H2,(H,29,31)(H,30,33);1-3,6H,4,13H2,(H,15,16)(H,17,18)/t21-;6-/m11/s1. The number of carbonyl (C=O) groups is 5. The van der Waals surface area contributed by atoms with Gasteiger partial charge in [-0.05, 0) is 67.3 Å². The lowest BCUT2D eigenvalue weighted by Crippen LogP contribution is -2.49. The topological polar surface area (TPSA) is 212 Å². The number of esters is 1. The highest BCUT2D eigenvalue weighted by molar-refractivity contribution is 9.11. The van der Waals surface area contributed by atoms with Gasteiger partial charge >= 0.3 is 18.0 Å². The molecule has 14 nitrogen and oxygen atoms in total. The molecule has 6 aromatic rings. The molecule has 2 aromatic carbocycles. The summed E-state index contributed by atoms with van der Waals surface area (Å²) in [5.41, 5.74) is 8.30. The first-order valence-corrected chi connectivity index (χ1v) is 19.5. The number of carboxylic acid groups (broad SMARTS) is 1. The minimum Gasteiger partial charge on any atom is -0.480 e. The van der Waals surface area contributed by atoms with Gasteiger partial charge in [-0.25, -0.2) is 9.59 Å². The molecule has 0 fully saturated rings. The molecule has 55 heavy (non-hydrogen) atoms. The normalized spacial score (nSPS) is 11.8. The van der Waals surface area contributed by atoms with Crippen LogP contribution in [0.2, 0.25) is 0 Å². The number of hydrogen-bond acceptors (Lipinski definition) is 12. The van der Waals surface area contributed by atoms with Gasteiger partial charge in [-0.15, -0.1) is 22.7 Å². The maximum absolute atomic E-state index is 12.8. The van der Waals surface area contributed by atoms with E-state index in [-0.39, 0.29) is 32.2 Å². The number of rotatable bonds is 13. The number of aromatic nitrogens is 2. The molecule has 0 aliphatic rings. The molecular formula is C37H32Br2N6O8S2. The van der Waals surface area contributed by atoms with Crippen molar-refractivity contribution in [2.24, 2.45) is 5.73 Å². The van der Waals surface area contributed by atoms with Crippen LogP contribution in [-0.4, -0.2) is 70.1 Å². The van der Waals surface area contributed by atoms with Gasteiger partial charge in [-0.1, -0.05) is 60.7 Å². The van der Waals surface area contributed by atoms with Crippen molar-refractivity contribution in [1.82, 2.24) is 25.9 Å². The van der Waals surface area contributed by atoms with Crippen LogP contribution in [0.15, 0.2) is 106 Å². The van der Waals surface area contributed by atoms with E-state index in [0.717, 1.165) is 29.5 Å². The summed E-state index contributed by atoms with van der Waals surface area (Å²) in [5, 5.41) is 16.3. The first-order valence-electron chi connectivity index (χ1n) is 16.3. The molecule has 0 spiro atoms. The molecule has 18 heteroatoms. The highest BCUT2D eigenvalue weighted by Gasteiger charge is 2.25. The molecule has 0 aliphatic carbocycles. The van der Waals surface area contributed by atoms with Crippen LogP contribution in [0.4, 0.5) is 4.79 Å². The van der Waals surface area contributed by atoms with Gasteiger partial charge in [-0.2, -0.15) is 0 Å². The molecule has 6 N–H and O–H groups in total. The second-order valence-corrected chi connectivity index (χ2v) is 15.3. The predicted molar refractivity (Wildman–Crippen MR) is 215 cm³/mol. The van der Waals surface area contributed by atoms with E-state index < -0.39 is 36.0 Å². The molecule has 3 amide bonds. The first kappa shape index (κ1) is 40.9. The average Bonchev–Trinajstić information content (AvgIpc) is 3.85. The van der Waals surface area contributed by atoms with Crippen molar-refractivity contribution in [1.29, 1.82) is 0 Å². The van der Waals surface area contributed by atoms with Gasteiger partial charge in [0.05, 0.1) is 30.2 Å². The Kier molecular flexibility index (Phi) is 14.8. The summed E-state index contributed by atoms with van der Waals surface area (Å²) in [6.07, 6.45) is 2.48. The Bertz CT molecular complexity index is 2290. The number of halogens is 2. The third-order valence-corrected chi connectivity index (χ3v) is 11.6. The molecule has 6 rings (SSSR count). The Morgan fingerprint density at radius 3 is 1.65 bits per heavy atom. The van der Waals surface area contributed by atoms with Crippen molar-refractivity contribution >= 4 is 105 Å². The number of carboxylic acids is 1. The van der Waals surface area contributed by atoms with Crippen LogP contribution < -0.4 is 21.7 Å². The monoisotopic (exact) mass is 910 g/mol. The number of aliphatic carboxylic acids is 1. The van der Waals surface area contributed by atoms with Crippen LogP contribution in [0.1, 0.15) is 30.5 Å². The van der Waals surface area contributed by atoms with Gasteiger partial charge in [-0.3, -0.25) is 24.4 Å². The fourth-order valence-corrected chi connectivity index (χ4v) is 7.63. The van der Waals surface area contributed by atoms with Crippen LogP contribution in [0.5, 0.6) is 0 Å². The van der Waals surface area contributed by atoms with Crippen LogP contribution in [0.3, 0.4) is 0 Å². The zero-order valence-corrected chi connectivity index (χ0v) is 33.4. The SMILES string of the molecule is N[C@H](CNC(=O)c1cc2nccc(Br)c2s1)C(=O)O.O=C(N[C@H](CNC(=O)c1cc2nccc(Br)c2s1)C(=O)OCc1ccccc1)OCc1ccccc1. The van der Waals surface area contributed by atoms with Crippen molar-refractivity contribution < 1.29 is 38.6 Å². The van der Waals surface area contributed by atoms with E-state index in [1.807, 2.05) is 60.7 Å². The Labute approximate surface area is 338 Å². The number of hydrogen-bond donors (Lipinski definition) is 5. The maximum Gasteiger partial charge on any atom is 0.408 e. The summed E-state index contributed by atoms with van der Waals surface area (Å²) in [6.45, 7) is -0.234. The van der Waals surface area contributed by atoms with Gasteiger partial charge < -0.3 is 36.3 Å². The smallest absolute Gasteiger partial charge is 0.408 e. The number of nitrogens with zero attached hydrogens (tertiary/aromatic N) is 2. The van der Waals surface area contributed by atoms with Crippen molar-refractivity contribution in [3.8, 4) is 0 Å². The van der Waals surface area contributed by atoms with E-state index in [1.165, 1.54) is 22.7 Å². The molecule has 2 atom stereocenters. The van der Waals surface area contributed by atoms with Gasteiger partial charge in [0.25, 0.3) is 11.8 Å². The van der Waals surface area contributed by atoms with Crippen molar-refractivity contribution in [3.63, 3.8) is 0 Å². The Morgan fingerprint density at radius 1 is 0.709 bits per heavy atom. The van der Waals surface area contributed by atoms with Crippen LogP contribution >= 0.6 is 54.5 Å². The number of carbonyl (C=O) groups excluding carboxylic acids is 4. The van der Waals surface area contributed by atoms with Gasteiger partial charge in [0.1, 0.15) is 25.3 Å². The number of nitrogens with two attached hydrogens (primary N) is 1. The second kappa shape index (κ2) is 19.9. The van der Waals surface area contributed by atoms with E-state index in [2.05, 4.69) is 57.8 Å². The number of nitrogens with one attached hydrogen (secondary N) is 3. The van der Waals surface area contributed by atoms with E-state index in [9.17, 15) is 24.0 Å². The average molecular weight is 913 g/mol. The van der Waals surface area contributed by atoms with Gasteiger partial charge in [0.15, 0.2) is 0 Å². The molecule has 0 saturated carbocycles. The third-order valence-electron chi connectivity index (χ3n) is 7.46. The minimum absolute atomic E-state index is 0.0286. The summed E-state index contributed by atoms with van der Waals surface area (Å²) in [7, 11) is 0. The minimum atomic E-state index is -1.15. The lowest BCUT2D eigenvalue weighted by molar-refractivity contribution is -0.147. The zero-order valence-electron chi connectivity index (χ0n) is 28.6. The number of amides is 3. The number of fused-ring (bicyclic) bond motifs is 2. The second-order valence-electron chi connectivity index (χ2n) is 11.5. The van der Waals surface area contributed by atoms with E-state index in [1.54, 1.807) is 36.7 Å². The molecular weight excluding hydrogens is 880 g/mol. The van der Waals surface area contributed by atoms with E-state index in [0.29, 0.717) is 20.8 Å². The maximum atomic E-state index is 12.8. The number of pyridine rings is 2. The van der Waals surface area contributed by atoms with Crippen molar-refractivity contribution in [2.45, 2.75) is 25.3 Å². The lowest BCUT2D eigenvalue weighted by Gasteiger charge is -2.18. The lowest BCUT2D eigenvalue weighted by atomic mass is 10.2. The number of benzene rings is 2. The summed E-state index contributed by atoms with van der Waals surface area (Å²) < 4.78 is 14.0. The highest BCUT2D eigenvalue weighted by Crippen LogP contribution is 2.31. The van der Waals surface area contributed by atoms with Gasteiger partial charge in [0, 0.05) is 34.4 Å². The molecule has 0 radical (unpaired) electrons. The molecule has 0 aliphatic heterocycles. The largest absolute Gasteiger partial charge is 0.480 e. The molecule has 0 unspecified atom stereocenters. The summed E-state index contributed by atoms with van der Waals surface area (Å²) in [6, 6.07) is 23.0. The Morgan fingerprint density at radius 2 is 1.18 bits per heavy atom. The number of ether oxygens (including phenoxy) is 2. The quantitative estimate of drug-likeness (QED) is 0.0845. The van der Waals surface area contributed by atoms with Crippen LogP contribution in [-0.2, 0) is 32.3 Å². The highest BCUT2D eigenvalue weighted by atomic mass is 79.9. The van der Waals surface area contributed by atoms with Crippen molar-refractivity contribution in [2.75, 3.05) is 13.1 Å². The zero-order chi connectivity index (χ0) is 39.3.